The number of pyridine rings is 1. The fourth-order valence-corrected chi connectivity index (χ4v) is 5.06. The Hall–Kier alpha value is -3.27. The fraction of sp³-hybridized carbons (Fsp3) is 0.440. The van der Waals surface area contributed by atoms with Gasteiger partial charge >= 0.3 is 5.95 Å². The Kier molecular flexibility index (Phi) is 7.80. The molecule has 2 aromatic heterocycles. The number of piperidine rings is 1. The first-order valence-corrected chi connectivity index (χ1v) is 13.5. The normalized spacial score (nSPS) is 18.9. The van der Waals surface area contributed by atoms with Gasteiger partial charge in [-0.05, 0) is 49.8 Å². The maximum Gasteiger partial charge on any atom is 0.398 e. The lowest BCUT2D eigenvalue weighted by Crippen LogP contribution is -2.34. The van der Waals surface area contributed by atoms with Crippen LogP contribution in [0, 0.1) is 5.92 Å². The van der Waals surface area contributed by atoms with Gasteiger partial charge in [0.25, 0.3) is 0 Å². The van der Waals surface area contributed by atoms with Crippen LogP contribution in [0.5, 0.6) is 0 Å². The third kappa shape index (κ3) is 6.45. The van der Waals surface area contributed by atoms with Crippen molar-refractivity contribution in [2.24, 2.45) is 13.0 Å². The molecule has 1 aliphatic heterocycles. The number of nitrogens with one attached hydrogen (secondary N) is 3. The number of hydrogen-bond donors (Lipinski definition) is 3. The fourth-order valence-electron chi connectivity index (χ4n) is 4.39. The minimum Gasteiger partial charge on any atom is -0.357 e. The Bertz CT molecular complexity index is 1170. The third-order valence-electron chi connectivity index (χ3n) is 6.02. The van der Waals surface area contributed by atoms with E-state index in [4.69, 9.17) is 4.98 Å². The van der Waals surface area contributed by atoms with Crippen molar-refractivity contribution in [3.05, 3.63) is 48.1 Å². The summed E-state index contributed by atoms with van der Waals surface area (Å²) in [6.07, 6.45) is 13.7. The van der Waals surface area contributed by atoms with Crippen molar-refractivity contribution in [3.8, 4) is 0 Å². The van der Waals surface area contributed by atoms with Gasteiger partial charge in [-0.2, -0.15) is 0 Å². The van der Waals surface area contributed by atoms with E-state index < -0.39 is 10.8 Å². The Morgan fingerprint density at radius 1 is 1.20 bits per heavy atom. The maximum absolute atomic E-state index is 12.5. The monoisotopic (exact) mass is 496 g/mol. The van der Waals surface area contributed by atoms with E-state index >= 15 is 0 Å². The van der Waals surface area contributed by atoms with E-state index in [1.807, 2.05) is 42.2 Å². The van der Waals surface area contributed by atoms with Gasteiger partial charge in [-0.1, -0.05) is 18.0 Å². The molecule has 35 heavy (non-hydrogen) atoms. The number of hydrogen-bond acceptors (Lipinski definition) is 7. The van der Waals surface area contributed by atoms with Crippen LogP contribution in [-0.2, 0) is 22.6 Å². The van der Waals surface area contributed by atoms with Crippen molar-refractivity contribution in [2.45, 2.75) is 44.4 Å². The van der Waals surface area contributed by atoms with Crippen molar-refractivity contribution in [1.29, 1.82) is 0 Å². The number of aryl methyl sites for hydroxylation is 1. The van der Waals surface area contributed by atoms with Crippen LogP contribution in [0.25, 0.3) is 0 Å². The van der Waals surface area contributed by atoms with Crippen molar-refractivity contribution < 1.29 is 13.6 Å². The summed E-state index contributed by atoms with van der Waals surface area (Å²) in [5, 5.41) is 9.53. The molecule has 0 aromatic carbocycles. The smallest absolute Gasteiger partial charge is 0.357 e. The van der Waals surface area contributed by atoms with Crippen LogP contribution in [0.2, 0.25) is 0 Å². The highest BCUT2D eigenvalue weighted by Crippen LogP contribution is 2.26. The van der Waals surface area contributed by atoms with E-state index in [9.17, 15) is 9.00 Å². The second-order valence-electron chi connectivity index (χ2n) is 9.20. The van der Waals surface area contributed by atoms with E-state index in [2.05, 4.69) is 38.8 Å². The summed E-state index contributed by atoms with van der Waals surface area (Å²) in [5.41, 5.74) is 2.47. The number of carbonyl (C=O) groups excluding carboxylic acids is 1. The molecule has 1 saturated heterocycles. The zero-order valence-electron chi connectivity index (χ0n) is 20.8. The summed E-state index contributed by atoms with van der Waals surface area (Å²) in [6, 6.07) is 4.04. The van der Waals surface area contributed by atoms with Gasteiger partial charge in [-0.25, -0.2) is 14.9 Å². The molecule has 1 fully saturated rings. The number of anilines is 4. The second kappa shape index (κ2) is 11.0. The van der Waals surface area contributed by atoms with Gasteiger partial charge in [0.1, 0.15) is 16.4 Å². The first-order chi connectivity index (χ1) is 16.8. The lowest BCUT2D eigenvalue weighted by molar-refractivity contribution is -0.661. The Balaban J connectivity index is 1.57. The molecule has 10 heteroatoms. The first-order valence-electron chi connectivity index (χ1n) is 12.0. The Labute approximate surface area is 209 Å². The number of aromatic nitrogens is 3. The zero-order chi connectivity index (χ0) is 24.9. The lowest BCUT2D eigenvalue weighted by Gasteiger charge is -2.27. The molecule has 2 unspecified atom stereocenters. The van der Waals surface area contributed by atoms with E-state index in [1.54, 1.807) is 6.26 Å². The summed E-state index contributed by atoms with van der Waals surface area (Å²) >= 11 is 0. The SMILES string of the molecule is CC(=O)NC1=CC(Nc2nc(Nc3ccc(N4CCCCC4)nc3)[n+](C)cc2S(C)=O)=CC(C)C1. The van der Waals surface area contributed by atoms with Gasteiger partial charge in [-0.15, -0.1) is 0 Å². The van der Waals surface area contributed by atoms with Crippen LogP contribution < -0.4 is 25.4 Å². The molecule has 1 aliphatic carbocycles. The lowest BCUT2D eigenvalue weighted by atomic mass is 9.98. The molecular formula is C25H34N7O2S+. The largest absolute Gasteiger partial charge is 0.398 e. The van der Waals surface area contributed by atoms with Crippen LogP contribution in [0.3, 0.4) is 0 Å². The van der Waals surface area contributed by atoms with Gasteiger partial charge in [0.15, 0.2) is 0 Å². The van der Waals surface area contributed by atoms with Crippen LogP contribution >= 0.6 is 0 Å². The minimum atomic E-state index is -1.25. The molecular weight excluding hydrogens is 462 g/mol. The highest BCUT2D eigenvalue weighted by atomic mass is 32.2. The summed E-state index contributed by atoms with van der Waals surface area (Å²) in [4.78, 5) is 23.8. The first kappa shape index (κ1) is 24.8. The molecule has 0 spiro atoms. The third-order valence-corrected chi connectivity index (χ3v) is 6.94. The number of allylic oxidation sites excluding steroid dienone is 3. The number of carbonyl (C=O) groups is 1. The second-order valence-corrected chi connectivity index (χ2v) is 10.5. The van der Waals surface area contributed by atoms with Crippen molar-refractivity contribution in [1.82, 2.24) is 15.3 Å². The predicted octanol–water partition coefficient (Wildman–Crippen LogP) is 3.13. The average Bonchev–Trinajstić information content (AvgIpc) is 2.81. The number of rotatable bonds is 7. The molecule has 3 heterocycles. The standard InChI is InChI=1S/C25H33N7O2S/c1-17-12-20(27-18(2)33)14-21(13-17)28-24-22(35(4)34)16-31(3)25(30-24)29-19-8-9-23(26-15-19)32-10-6-5-7-11-32/h8-9,13-17H,5-7,10-12H2,1-4H3,(H2,27,28,29,30,33)/p+1. The minimum absolute atomic E-state index is 0.101. The van der Waals surface area contributed by atoms with Gasteiger partial charge in [-0.3, -0.25) is 9.00 Å². The molecule has 186 valence electrons. The summed E-state index contributed by atoms with van der Waals surface area (Å²) in [7, 11) is 0.611. The topological polar surface area (TPSA) is 103 Å². The molecule has 1 amide bonds. The summed E-state index contributed by atoms with van der Waals surface area (Å²) < 4.78 is 14.3. The molecule has 2 atom stereocenters. The van der Waals surface area contributed by atoms with Crippen LogP contribution in [0.15, 0.2) is 53.0 Å². The molecule has 0 bridgehead atoms. The molecule has 2 aliphatic rings. The maximum atomic E-state index is 12.5. The van der Waals surface area contributed by atoms with E-state index in [0.29, 0.717) is 16.7 Å². The zero-order valence-corrected chi connectivity index (χ0v) is 21.6. The Morgan fingerprint density at radius 3 is 2.63 bits per heavy atom. The molecule has 0 radical (unpaired) electrons. The number of amides is 1. The molecule has 0 saturated carbocycles. The quantitative estimate of drug-likeness (QED) is 0.506. The predicted molar refractivity (Wildman–Crippen MR) is 139 cm³/mol. The summed E-state index contributed by atoms with van der Waals surface area (Å²) in [5.74, 6) is 2.22. The van der Waals surface area contributed by atoms with Crippen molar-refractivity contribution in [3.63, 3.8) is 0 Å². The molecule has 4 rings (SSSR count). The molecule has 2 aromatic rings. The highest BCUT2D eigenvalue weighted by Gasteiger charge is 2.22. The van der Waals surface area contributed by atoms with Gasteiger partial charge in [0, 0.05) is 37.7 Å². The number of nitrogens with zero attached hydrogens (tertiary/aromatic N) is 4. The molecule has 9 nitrogen and oxygen atoms in total. The Morgan fingerprint density at radius 2 is 1.97 bits per heavy atom. The van der Waals surface area contributed by atoms with Gasteiger partial charge in [0.05, 0.1) is 30.2 Å². The van der Waals surface area contributed by atoms with E-state index in [1.165, 1.54) is 26.2 Å². The molecule has 3 N–H and O–H groups in total. The van der Waals surface area contributed by atoms with Crippen molar-refractivity contribution >= 4 is 40.0 Å². The van der Waals surface area contributed by atoms with E-state index in [0.717, 1.165) is 42.4 Å². The van der Waals surface area contributed by atoms with Crippen LogP contribution in [0.4, 0.5) is 23.3 Å². The highest BCUT2D eigenvalue weighted by molar-refractivity contribution is 7.84. The van der Waals surface area contributed by atoms with Gasteiger partial charge < -0.3 is 15.5 Å². The van der Waals surface area contributed by atoms with Gasteiger partial charge in [0.2, 0.25) is 11.7 Å². The van der Waals surface area contributed by atoms with Crippen LogP contribution in [-0.4, -0.2) is 39.4 Å². The average molecular weight is 497 g/mol. The van der Waals surface area contributed by atoms with Crippen molar-refractivity contribution in [2.75, 3.05) is 34.9 Å². The van der Waals surface area contributed by atoms with E-state index in [-0.39, 0.29) is 11.8 Å². The van der Waals surface area contributed by atoms with Crippen LogP contribution in [0.1, 0.15) is 39.5 Å². The summed E-state index contributed by atoms with van der Waals surface area (Å²) in [6.45, 7) is 5.68.